The summed E-state index contributed by atoms with van der Waals surface area (Å²) in [6, 6.07) is 0.347. The highest BCUT2D eigenvalue weighted by atomic mass is 16.2. The van der Waals surface area contributed by atoms with Crippen LogP contribution in [0.4, 0.5) is 0 Å². The van der Waals surface area contributed by atoms with Crippen molar-refractivity contribution in [3.63, 3.8) is 0 Å². The first-order chi connectivity index (χ1) is 11.5. The highest BCUT2D eigenvalue weighted by molar-refractivity contribution is 5.81. The maximum absolute atomic E-state index is 12.4. The molecule has 0 unspecified atom stereocenters. The van der Waals surface area contributed by atoms with Gasteiger partial charge >= 0.3 is 0 Å². The molecule has 1 aliphatic carbocycles. The van der Waals surface area contributed by atoms with Crippen LogP contribution in [-0.4, -0.2) is 97.4 Å². The van der Waals surface area contributed by atoms with E-state index in [-0.39, 0.29) is 11.8 Å². The van der Waals surface area contributed by atoms with Gasteiger partial charge in [-0.15, -0.1) is 0 Å². The van der Waals surface area contributed by atoms with Crippen molar-refractivity contribution >= 4 is 11.8 Å². The molecule has 0 aromatic carbocycles. The van der Waals surface area contributed by atoms with E-state index in [0.717, 1.165) is 58.5 Å². The van der Waals surface area contributed by atoms with Gasteiger partial charge in [-0.2, -0.15) is 0 Å². The molecule has 0 aromatic rings. The quantitative estimate of drug-likeness (QED) is 0.743. The molecular formula is C18H32N4O2. The summed E-state index contributed by atoms with van der Waals surface area (Å²) < 4.78 is 0. The maximum atomic E-state index is 12.4. The Hall–Kier alpha value is -1.14. The number of hydrogen-bond acceptors (Lipinski definition) is 4. The first-order valence-corrected chi connectivity index (χ1v) is 9.41. The number of likely N-dealkylation sites (N-methyl/N-ethyl adjacent to an activating group) is 1. The molecule has 2 amide bonds. The summed E-state index contributed by atoms with van der Waals surface area (Å²) >= 11 is 0. The molecule has 0 N–H and O–H groups in total. The summed E-state index contributed by atoms with van der Waals surface area (Å²) in [5.74, 6) is 1.43. The van der Waals surface area contributed by atoms with E-state index in [1.165, 1.54) is 0 Å². The van der Waals surface area contributed by atoms with Gasteiger partial charge in [-0.1, -0.05) is 6.92 Å². The summed E-state index contributed by atoms with van der Waals surface area (Å²) in [5, 5.41) is 0. The smallest absolute Gasteiger partial charge is 0.236 e. The highest BCUT2D eigenvalue weighted by Gasteiger charge is 2.42. The van der Waals surface area contributed by atoms with Crippen molar-refractivity contribution in [1.29, 1.82) is 0 Å². The zero-order valence-electron chi connectivity index (χ0n) is 15.4. The SMILES string of the molecule is C[C@H]1C[C@H]1C(=O)N(C)C1CCN(CC(=O)N2CCN(C)CC2)CC1. The van der Waals surface area contributed by atoms with Gasteiger partial charge < -0.3 is 14.7 Å². The zero-order valence-corrected chi connectivity index (χ0v) is 15.4. The van der Waals surface area contributed by atoms with E-state index >= 15 is 0 Å². The van der Waals surface area contributed by atoms with Crippen LogP contribution in [0.1, 0.15) is 26.2 Å². The molecule has 24 heavy (non-hydrogen) atoms. The minimum atomic E-state index is 0.262. The fourth-order valence-electron chi connectivity index (χ4n) is 3.92. The number of likely N-dealkylation sites (tertiary alicyclic amines) is 1. The fourth-order valence-corrected chi connectivity index (χ4v) is 3.92. The van der Waals surface area contributed by atoms with Crippen LogP contribution >= 0.6 is 0 Å². The average Bonchev–Trinajstić information content (AvgIpc) is 3.31. The zero-order chi connectivity index (χ0) is 17.3. The molecule has 2 saturated heterocycles. The number of amides is 2. The molecule has 6 nitrogen and oxygen atoms in total. The van der Waals surface area contributed by atoms with E-state index in [1.807, 2.05) is 16.8 Å². The lowest BCUT2D eigenvalue weighted by atomic mass is 10.0. The second-order valence-electron chi connectivity index (χ2n) is 7.96. The number of nitrogens with zero attached hydrogens (tertiary/aromatic N) is 4. The predicted octanol–water partition coefficient (Wildman–Crippen LogP) is 0.339. The van der Waals surface area contributed by atoms with Crippen molar-refractivity contribution < 1.29 is 9.59 Å². The van der Waals surface area contributed by atoms with Crippen LogP contribution in [0.15, 0.2) is 0 Å². The van der Waals surface area contributed by atoms with Gasteiger partial charge in [-0.25, -0.2) is 0 Å². The van der Waals surface area contributed by atoms with Gasteiger partial charge in [0, 0.05) is 58.3 Å². The molecule has 2 aliphatic heterocycles. The molecule has 3 rings (SSSR count). The second-order valence-corrected chi connectivity index (χ2v) is 7.96. The summed E-state index contributed by atoms with van der Waals surface area (Å²) in [6.45, 7) is 8.17. The van der Waals surface area contributed by atoms with E-state index in [2.05, 4.69) is 23.8 Å². The molecule has 2 heterocycles. The summed E-state index contributed by atoms with van der Waals surface area (Å²) in [4.78, 5) is 33.3. The van der Waals surface area contributed by atoms with Crippen LogP contribution in [0.3, 0.4) is 0 Å². The van der Waals surface area contributed by atoms with E-state index < -0.39 is 0 Å². The number of piperidine rings is 1. The van der Waals surface area contributed by atoms with E-state index in [9.17, 15) is 9.59 Å². The van der Waals surface area contributed by atoms with Gasteiger partial charge in [0.05, 0.1) is 6.54 Å². The van der Waals surface area contributed by atoms with Gasteiger partial charge in [0.15, 0.2) is 0 Å². The number of hydrogen-bond donors (Lipinski definition) is 0. The van der Waals surface area contributed by atoms with Gasteiger partial charge in [-0.3, -0.25) is 14.5 Å². The molecule has 0 radical (unpaired) electrons. The summed E-state index contributed by atoms with van der Waals surface area (Å²) in [6.07, 6.45) is 3.03. The Kier molecular flexibility index (Phi) is 5.45. The Morgan fingerprint density at radius 2 is 1.62 bits per heavy atom. The maximum Gasteiger partial charge on any atom is 0.236 e. The van der Waals surface area contributed by atoms with Crippen molar-refractivity contribution in [3.05, 3.63) is 0 Å². The number of carbonyl (C=O) groups is 2. The third-order valence-corrected chi connectivity index (χ3v) is 6.09. The van der Waals surface area contributed by atoms with Crippen LogP contribution < -0.4 is 0 Å². The first kappa shape index (κ1) is 17.7. The Labute approximate surface area is 145 Å². The molecule has 136 valence electrons. The lowest BCUT2D eigenvalue weighted by Crippen LogP contribution is -2.52. The number of piperazine rings is 1. The fraction of sp³-hybridized carbons (Fsp3) is 0.889. The Morgan fingerprint density at radius 1 is 1.04 bits per heavy atom. The molecule has 0 spiro atoms. The van der Waals surface area contributed by atoms with Crippen molar-refractivity contribution in [3.8, 4) is 0 Å². The second kappa shape index (κ2) is 7.40. The molecule has 1 saturated carbocycles. The molecule has 2 atom stereocenters. The minimum Gasteiger partial charge on any atom is -0.342 e. The van der Waals surface area contributed by atoms with E-state index in [0.29, 0.717) is 24.4 Å². The third kappa shape index (κ3) is 4.09. The van der Waals surface area contributed by atoms with E-state index in [4.69, 9.17) is 0 Å². The predicted molar refractivity (Wildman–Crippen MR) is 93.6 cm³/mol. The Bertz CT molecular complexity index is 468. The molecule has 3 fully saturated rings. The van der Waals surface area contributed by atoms with Crippen LogP contribution in [0, 0.1) is 11.8 Å². The normalized spacial score (nSPS) is 29.5. The van der Waals surface area contributed by atoms with Gasteiger partial charge in [0.2, 0.25) is 11.8 Å². The first-order valence-electron chi connectivity index (χ1n) is 9.41. The molecule has 0 aromatic heterocycles. The van der Waals surface area contributed by atoms with Crippen LogP contribution in [0.25, 0.3) is 0 Å². The standard InChI is InChI=1S/C18H32N4O2/c1-14-12-16(14)18(24)20(3)15-4-6-21(7-5-15)13-17(23)22-10-8-19(2)9-11-22/h14-16H,4-13H2,1-3H3/t14-,16+/m0/s1. The van der Waals surface area contributed by atoms with E-state index in [1.54, 1.807) is 0 Å². The van der Waals surface area contributed by atoms with Crippen molar-refractivity contribution in [2.45, 2.75) is 32.2 Å². The Morgan fingerprint density at radius 3 is 2.17 bits per heavy atom. The van der Waals surface area contributed by atoms with Gasteiger partial charge in [-0.05, 0) is 32.2 Å². The van der Waals surface area contributed by atoms with Crippen LogP contribution in [0.5, 0.6) is 0 Å². The monoisotopic (exact) mass is 336 g/mol. The largest absolute Gasteiger partial charge is 0.342 e. The molecule has 0 bridgehead atoms. The number of carbonyl (C=O) groups excluding carboxylic acids is 2. The lowest BCUT2D eigenvalue weighted by Gasteiger charge is -2.38. The lowest BCUT2D eigenvalue weighted by molar-refractivity contribution is -0.137. The summed E-state index contributed by atoms with van der Waals surface area (Å²) in [5.41, 5.74) is 0. The Balaban J connectivity index is 1.40. The summed E-state index contributed by atoms with van der Waals surface area (Å²) in [7, 11) is 4.07. The van der Waals surface area contributed by atoms with Gasteiger partial charge in [0.25, 0.3) is 0 Å². The van der Waals surface area contributed by atoms with Crippen molar-refractivity contribution in [1.82, 2.24) is 19.6 Å². The van der Waals surface area contributed by atoms with Crippen LogP contribution in [0.2, 0.25) is 0 Å². The molecular weight excluding hydrogens is 304 g/mol. The third-order valence-electron chi connectivity index (χ3n) is 6.09. The highest BCUT2D eigenvalue weighted by Crippen LogP contribution is 2.39. The molecule has 3 aliphatic rings. The number of rotatable bonds is 4. The molecule has 6 heteroatoms. The minimum absolute atomic E-state index is 0.262. The van der Waals surface area contributed by atoms with Crippen LogP contribution in [-0.2, 0) is 9.59 Å². The van der Waals surface area contributed by atoms with Crippen molar-refractivity contribution in [2.24, 2.45) is 11.8 Å². The topological polar surface area (TPSA) is 47.1 Å². The van der Waals surface area contributed by atoms with Crippen molar-refractivity contribution in [2.75, 3.05) is 59.9 Å². The average molecular weight is 336 g/mol. The van der Waals surface area contributed by atoms with Gasteiger partial charge in [0.1, 0.15) is 0 Å².